The molecule has 0 saturated heterocycles. The molecule has 2 atom stereocenters. The maximum absolute atomic E-state index is 12.8. The van der Waals surface area contributed by atoms with Crippen LogP contribution < -0.4 is 10.4 Å². The fourth-order valence-corrected chi connectivity index (χ4v) is 4.01. The third-order valence-corrected chi connectivity index (χ3v) is 5.49. The molecule has 1 aromatic heterocycles. The average molecular weight is 346 g/mol. The summed E-state index contributed by atoms with van der Waals surface area (Å²) in [6.07, 6.45) is 1.98. The Morgan fingerprint density at radius 1 is 1.16 bits per heavy atom. The second kappa shape index (κ2) is 6.40. The summed E-state index contributed by atoms with van der Waals surface area (Å²) < 4.78 is 5.96. The lowest BCUT2D eigenvalue weighted by Crippen LogP contribution is -3.17. The van der Waals surface area contributed by atoms with Gasteiger partial charge < -0.3 is 19.8 Å². The van der Waals surface area contributed by atoms with Gasteiger partial charge in [-0.3, -0.25) is 5.32 Å². The first-order valence-electron chi connectivity index (χ1n) is 9.21. The van der Waals surface area contributed by atoms with Gasteiger partial charge in [0.15, 0.2) is 0 Å². The van der Waals surface area contributed by atoms with Crippen LogP contribution in [0, 0.1) is 5.21 Å². The summed E-state index contributed by atoms with van der Waals surface area (Å²) >= 11 is 0. The van der Waals surface area contributed by atoms with Gasteiger partial charge in [0.2, 0.25) is 0 Å². The Labute approximate surface area is 149 Å². The third-order valence-electron chi connectivity index (χ3n) is 5.49. The van der Waals surface area contributed by atoms with Crippen molar-refractivity contribution in [3.63, 3.8) is 0 Å². The Morgan fingerprint density at radius 3 is 2.44 bits per heavy atom. The number of hydrogen-bond donors (Lipinski definition) is 3. The number of quaternary nitrogens is 1. The number of fused-ring (bicyclic) bond motifs is 2. The lowest BCUT2D eigenvalue weighted by atomic mass is 9.90. The average Bonchev–Trinajstić information content (AvgIpc) is 2.98. The second-order valence-electron chi connectivity index (χ2n) is 8.26. The molecule has 3 N–H and O–H groups in total. The van der Waals surface area contributed by atoms with Crippen molar-refractivity contribution in [1.82, 2.24) is 5.32 Å². The summed E-state index contributed by atoms with van der Waals surface area (Å²) in [5.41, 5.74) is 1.95. The summed E-state index contributed by atoms with van der Waals surface area (Å²) in [7, 11) is 0. The Morgan fingerprint density at radius 2 is 1.80 bits per heavy atom. The summed E-state index contributed by atoms with van der Waals surface area (Å²) in [5, 5.41) is 27.2. The second-order valence-corrected chi connectivity index (χ2v) is 8.26. The molecule has 25 heavy (non-hydrogen) atoms. The van der Waals surface area contributed by atoms with E-state index in [-0.39, 0.29) is 5.06 Å². The Bertz CT molecular complexity index is 711. The number of unbranched alkanes of at least 4 members (excludes halogenated alkanes) is 1. The Kier molecular flexibility index (Phi) is 4.71. The van der Waals surface area contributed by atoms with Crippen LogP contribution in [-0.2, 0) is 17.5 Å². The summed E-state index contributed by atoms with van der Waals surface area (Å²) in [6, 6.07) is 6.07. The minimum Gasteiger partial charge on any atom is -0.633 e. The van der Waals surface area contributed by atoms with E-state index in [0.29, 0.717) is 6.42 Å². The van der Waals surface area contributed by atoms with Gasteiger partial charge in [-0.25, -0.2) is 0 Å². The van der Waals surface area contributed by atoms with Crippen molar-refractivity contribution >= 4 is 11.0 Å². The fourth-order valence-electron chi connectivity index (χ4n) is 4.01. The first kappa shape index (κ1) is 18.4. The number of benzene rings is 1. The van der Waals surface area contributed by atoms with Gasteiger partial charge >= 0.3 is 0 Å². The first-order chi connectivity index (χ1) is 11.7. The van der Waals surface area contributed by atoms with E-state index >= 15 is 0 Å². The molecule has 2 unspecified atom stereocenters. The quantitative estimate of drug-likeness (QED) is 0.427. The lowest BCUT2D eigenvalue weighted by Gasteiger charge is -2.40. The van der Waals surface area contributed by atoms with Gasteiger partial charge in [0.1, 0.15) is 28.6 Å². The van der Waals surface area contributed by atoms with Crippen LogP contribution in [-0.4, -0.2) is 17.9 Å². The molecule has 2 aromatic rings. The normalized spacial score (nSPS) is 22.3. The maximum atomic E-state index is 12.8. The van der Waals surface area contributed by atoms with Crippen molar-refractivity contribution < 1.29 is 14.6 Å². The standard InChI is InChI=1S/C20H30N2O3/c1-6-7-8-21-18(23)11-14-9-13-10-15-16(12-17(13)25-14)20(4,5)22(24)19(15,2)3/h9-10,12,18,21-23H,6-8,11H2,1-5H3. The van der Waals surface area contributed by atoms with Crippen LogP contribution in [0.5, 0.6) is 0 Å². The molecule has 1 aliphatic heterocycles. The van der Waals surface area contributed by atoms with Crippen molar-refractivity contribution in [1.29, 1.82) is 0 Å². The van der Waals surface area contributed by atoms with Crippen molar-refractivity contribution in [2.45, 2.75) is 71.2 Å². The molecule has 1 aliphatic rings. The van der Waals surface area contributed by atoms with Gasteiger partial charge in [-0.2, -0.15) is 0 Å². The monoisotopic (exact) mass is 346 g/mol. The van der Waals surface area contributed by atoms with Gasteiger partial charge in [0.05, 0.1) is 0 Å². The number of rotatable bonds is 6. The molecule has 5 heteroatoms. The van der Waals surface area contributed by atoms with E-state index in [1.165, 1.54) is 0 Å². The largest absolute Gasteiger partial charge is 0.633 e. The molecule has 0 amide bonds. The van der Waals surface area contributed by atoms with E-state index in [1.807, 2.05) is 39.8 Å². The minimum absolute atomic E-state index is 0.249. The SMILES string of the molecule is CCCCNC(O)Cc1cc2cc3c(cc2o1)C(C)(C)[NH+]([O-])C3(C)C. The van der Waals surface area contributed by atoms with Crippen LogP contribution in [0.15, 0.2) is 22.6 Å². The maximum Gasteiger partial charge on any atom is 0.134 e. The Hall–Kier alpha value is -1.40. The fraction of sp³-hybridized carbons (Fsp3) is 0.600. The van der Waals surface area contributed by atoms with E-state index in [4.69, 9.17) is 4.42 Å². The molecule has 0 radical (unpaired) electrons. The highest BCUT2D eigenvalue weighted by molar-refractivity contribution is 5.81. The smallest absolute Gasteiger partial charge is 0.134 e. The van der Waals surface area contributed by atoms with Crippen LogP contribution in [0.25, 0.3) is 11.0 Å². The zero-order valence-corrected chi connectivity index (χ0v) is 15.9. The van der Waals surface area contributed by atoms with Crippen molar-refractivity contribution in [2.75, 3.05) is 6.54 Å². The third kappa shape index (κ3) is 3.10. The molecular weight excluding hydrogens is 316 g/mol. The first-order valence-corrected chi connectivity index (χ1v) is 9.21. The predicted molar refractivity (Wildman–Crippen MR) is 99.2 cm³/mol. The molecule has 0 aliphatic carbocycles. The van der Waals surface area contributed by atoms with E-state index in [0.717, 1.165) is 47.2 Å². The van der Waals surface area contributed by atoms with Gasteiger partial charge in [0.25, 0.3) is 0 Å². The number of aliphatic hydroxyl groups excluding tert-OH is 1. The van der Waals surface area contributed by atoms with Crippen LogP contribution in [0.3, 0.4) is 0 Å². The van der Waals surface area contributed by atoms with E-state index in [9.17, 15) is 10.3 Å². The highest BCUT2D eigenvalue weighted by atomic mass is 16.5. The molecule has 1 aromatic carbocycles. The van der Waals surface area contributed by atoms with Crippen molar-refractivity contribution in [3.05, 3.63) is 40.3 Å². The summed E-state index contributed by atoms with van der Waals surface area (Å²) in [6.45, 7) is 10.9. The summed E-state index contributed by atoms with van der Waals surface area (Å²) in [5.74, 6) is 0.761. The molecular formula is C20H30N2O3. The van der Waals surface area contributed by atoms with Crippen LogP contribution in [0.1, 0.15) is 64.3 Å². The molecule has 0 fully saturated rings. The number of furan rings is 1. The molecule has 0 saturated carbocycles. The highest BCUT2D eigenvalue weighted by Crippen LogP contribution is 2.39. The lowest BCUT2D eigenvalue weighted by molar-refractivity contribution is -0.955. The van der Waals surface area contributed by atoms with Gasteiger partial charge in [-0.1, -0.05) is 13.3 Å². The molecule has 3 rings (SSSR count). The van der Waals surface area contributed by atoms with Crippen molar-refractivity contribution in [2.24, 2.45) is 0 Å². The van der Waals surface area contributed by atoms with E-state index in [1.54, 1.807) is 0 Å². The Balaban J connectivity index is 1.89. The topological polar surface area (TPSA) is 72.9 Å². The number of nitrogens with one attached hydrogen (secondary N) is 2. The van der Waals surface area contributed by atoms with Gasteiger partial charge in [0, 0.05) is 22.9 Å². The zero-order valence-electron chi connectivity index (χ0n) is 15.9. The van der Waals surface area contributed by atoms with Crippen LogP contribution in [0.4, 0.5) is 0 Å². The van der Waals surface area contributed by atoms with Crippen LogP contribution in [0.2, 0.25) is 0 Å². The molecule has 138 valence electrons. The van der Waals surface area contributed by atoms with Gasteiger partial charge in [-0.05, 0) is 58.9 Å². The van der Waals surface area contributed by atoms with E-state index < -0.39 is 17.3 Å². The van der Waals surface area contributed by atoms with E-state index in [2.05, 4.69) is 18.3 Å². The molecule has 5 nitrogen and oxygen atoms in total. The number of aliphatic hydroxyl groups is 1. The van der Waals surface area contributed by atoms with Crippen LogP contribution >= 0.6 is 0 Å². The molecule has 0 spiro atoms. The van der Waals surface area contributed by atoms with Crippen molar-refractivity contribution in [3.8, 4) is 0 Å². The highest BCUT2D eigenvalue weighted by Gasteiger charge is 2.49. The minimum atomic E-state index is -0.603. The molecule has 2 heterocycles. The summed E-state index contributed by atoms with van der Waals surface area (Å²) in [4.78, 5) is 0. The predicted octanol–water partition coefficient (Wildman–Crippen LogP) is 2.55. The number of hydroxylamine groups is 2. The molecule has 0 bridgehead atoms. The number of hydrogen-bond acceptors (Lipinski definition) is 4. The zero-order chi connectivity index (χ0) is 18.4. The van der Waals surface area contributed by atoms with Gasteiger partial charge in [-0.15, -0.1) is 0 Å².